The van der Waals surface area contributed by atoms with Crippen LogP contribution in [0.15, 0.2) is 24.3 Å². The van der Waals surface area contributed by atoms with E-state index in [-0.39, 0.29) is 5.56 Å². The predicted molar refractivity (Wildman–Crippen MR) is 52.0 cm³/mol. The number of aldehydes is 1. The van der Waals surface area contributed by atoms with Crippen molar-refractivity contribution in [1.29, 1.82) is 0 Å². The molecule has 0 atom stereocenters. The Labute approximate surface area is 86.2 Å². The molecule has 0 heterocycles. The number of carbonyl (C=O) groups excluding carboxylic acids is 1. The molecule has 0 N–H and O–H groups in total. The summed E-state index contributed by atoms with van der Waals surface area (Å²) in [6.07, 6.45) is 0.589. The number of hydrogen-bond acceptors (Lipinski definition) is 1. The first-order valence-electron chi connectivity index (χ1n) is 3.17. The molecule has 0 radical (unpaired) electrons. The molecule has 1 aromatic carbocycles. The molecule has 0 saturated carbocycles. The molecular weight excluding hydrogens is 291 g/mol. The van der Waals surface area contributed by atoms with Gasteiger partial charge in [-0.2, -0.15) is 0 Å². The van der Waals surface area contributed by atoms with Gasteiger partial charge in [0.15, 0.2) is 9.52 Å². The summed E-state index contributed by atoms with van der Waals surface area (Å²) in [4.78, 5) is 10.5. The lowest BCUT2D eigenvalue weighted by Crippen LogP contribution is -2.12. The van der Waals surface area contributed by atoms with E-state index in [4.69, 9.17) is 0 Å². The molecule has 0 aliphatic heterocycles. The molecule has 4 heteroatoms. The largest absolute Gasteiger partial charge is 0.300 e. The molecular formula is C8H5Br2FO. The van der Waals surface area contributed by atoms with Crippen LogP contribution in [-0.4, -0.2) is 6.29 Å². The molecule has 64 valence electrons. The van der Waals surface area contributed by atoms with E-state index in [1.807, 2.05) is 0 Å². The molecule has 1 rings (SSSR count). The molecule has 0 aliphatic carbocycles. The van der Waals surface area contributed by atoms with Crippen LogP contribution in [0, 0.1) is 5.82 Å². The second kappa shape index (κ2) is 3.66. The summed E-state index contributed by atoms with van der Waals surface area (Å²) in [5, 5.41) is 0. The Morgan fingerprint density at radius 1 is 1.33 bits per heavy atom. The van der Waals surface area contributed by atoms with Gasteiger partial charge in [-0.3, -0.25) is 0 Å². The zero-order valence-electron chi connectivity index (χ0n) is 5.93. The van der Waals surface area contributed by atoms with E-state index >= 15 is 0 Å². The molecule has 1 nitrogen and oxygen atoms in total. The Morgan fingerprint density at radius 3 is 2.42 bits per heavy atom. The second-order valence-corrected chi connectivity index (χ2v) is 5.79. The normalized spacial score (nSPS) is 11.2. The third-order valence-electron chi connectivity index (χ3n) is 1.38. The van der Waals surface area contributed by atoms with Gasteiger partial charge >= 0.3 is 0 Å². The van der Waals surface area contributed by atoms with Gasteiger partial charge in [0, 0.05) is 5.56 Å². The SMILES string of the molecule is O=CC(Br)(Br)c1ccccc1F. The van der Waals surface area contributed by atoms with Crippen LogP contribution >= 0.6 is 31.9 Å². The summed E-state index contributed by atoms with van der Waals surface area (Å²) in [6, 6.07) is 6.07. The first-order valence-corrected chi connectivity index (χ1v) is 4.75. The van der Waals surface area contributed by atoms with Crippen molar-refractivity contribution in [1.82, 2.24) is 0 Å². The first-order chi connectivity index (χ1) is 5.58. The van der Waals surface area contributed by atoms with Crippen molar-refractivity contribution in [3.8, 4) is 0 Å². The monoisotopic (exact) mass is 294 g/mol. The van der Waals surface area contributed by atoms with Gasteiger partial charge < -0.3 is 4.79 Å². The molecule has 0 fully saturated rings. The molecule has 0 aliphatic rings. The maximum atomic E-state index is 13.1. The van der Waals surface area contributed by atoms with Gasteiger partial charge in [-0.1, -0.05) is 50.1 Å². The summed E-state index contributed by atoms with van der Waals surface area (Å²) < 4.78 is 11.9. The summed E-state index contributed by atoms with van der Waals surface area (Å²) in [5.41, 5.74) is 0.278. The average molecular weight is 296 g/mol. The van der Waals surface area contributed by atoms with Crippen molar-refractivity contribution in [2.45, 2.75) is 3.23 Å². The van der Waals surface area contributed by atoms with Gasteiger partial charge in [0.05, 0.1) is 0 Å². The minimum Gasteiger partial charge on any atom is -0.300 e. The lowest BCUT2D eigenvalue weighted by atomic mass is 10.1. The van der Waals surface area contributed by atoms with Crippen LogP contribution in [-0.2, 0) is 8.03 Å². The van der Waals surface area contributed by atoms with Crippen LogP contribution in [0.1, 0.15) is 5.56 Å². The van der Waals surface area contributed by atoms with Crippen molar-refractivity contribution in [2.24, 2.45) is 0 Å². The van der Waals surface area contributed by atoms with Crippen LogP contribution in [0.25, 0.3) is 0 Å². The molecule has 1 aromatic rings. The van der Waals surface area contributed by atoms with Gasteiger partial charge in [0.1, 0.15) is 5.82 Å². The summed E-state index contributed by atoms with van der Waals surface area (Å²) >= 11 is 6.10. The maximum absolute atomic E-state index is 13.1. The quantitative estimate of drug-likeness (QED) is 0.606. The van der Waals surface area contributed by atoms with Crippen molar-refractivity contribution in [3.63, 3.8) is 0 Å². The molecule has 0 spiro atoms. The highest BCUT2D eigenvalue weighted by Gasteiger charge is 2.27. The van der Waals surface area contributed by atoms with Crippen LogP contribution < -0.4 is 0 Å². The maximum Gasteiger partial charge on any atom is 0.163 e. The van der Waals surface area contributed by atoms with Gasteiger partial charge in [-0.05, 0) is 6.07 Å². The van der Waals surface area contributed by atoms with Crippen LogP contribution in [0.2, 0.25) is 0 Å². The third kappa shape index (κ3) is 1.93. The molecule has 0 aromatic heterocycles. The highest BCUT2D eigenvalue weighted by atomic mass is 79.9. The van der Waals surface area contributed by atoms with Crippen LogP contribution in [0.4, 0.5) is 4.39 Å². The fourth-order valence-electron chi connectivity index (χ4n) is 0.795. The van der Waals surface area contributed by atoms with E-state index in [2.05, 4.69) is 31.9 Å². The molecule has 0 unspecified atom stereocenters. The highest BCUT2D eigenvalue weighted by molar-refractivity contribution is 9.25. The Hall–Kier alpha value is -0.220. The van der Waals surface area contributed by atoms with Gasteiger partial charge in [-0.25, -0.2) is 4.39 Å². The van der Waals surface area contributed by atoms with Crippen molar-refractivity contribution in [3.05, 3.63) is 35.6 Å². The van der Waals surface area contributed by atoms with Crippen LogP contribution in [0.5, 0.6) is 0 Å². The zero-order valence-corrected chi connectivity index (χ0v) is 9.10. The number of benzene rings is 1. The van der Waals surface area contributed by atoms with E-state index in [0.717, 1.165) is 0 Å². The summed E-state index contributed by atoms with van der Waals surface area (Å²) in [5.74, 6) is -0.418. The molecule has 12 heavy (non-hydrogen) atoms. The van der Waals surface area contributed by atoms with Gasteiger partial charge in [-0.15, -0.1) is 0 Å². The van der Waals surface area contributed by atoms with Crippen LogP contribution in [0.3, 0.4) is 0 Å². The Bertz CT molecular complexity index is 299. The summed E-state index contributed by atoms with van der Waals surface area (Å²) in [6.45, 7) is 0. The van der Waals surface area contributed by atoms with Crippen molar-refractivity contribution >= 4 is 38.1 Å². The standard InChI is InChI=1S/C8H5Br2FO/c9-8(10,5-12)6-3-1-2-4-7(6)11/h1-5H. The minimum atomic E-state index is -1.11. The van der Waals surface area contributed by atoms with E-state index in [0.29, 0.717) is 6.29 Å². The van der Waals surface area contributed by atoms with E-state index in [9.17, 15) is 9.18 Å². The number of hydrogen-bond donors (Lipinski definition) is 0. The first kappa shape index (κ1) is 9.86. The molecule has 0 amide bonds. The molecule has 0 bridgehead atoms. The highest BCUT2D eigenvalue weighted by Crippen LogP contribution is 2.36. The minimum absolute atomic E-state index is 0.278. The van der Waals surface area contributed by atoms with Gasteiger partial charge in [0.25, 0.3) is 0 Å². The second-order valence-electron chi connectivity index (χ2n) is 2.22. The predicted octanol–water partition coefficient (Wildman–Crippen LogP) is 2.97. The number of halogens is 3. The number of carbonyl (C=O) groups is 1. The third-order valence-corrected chi connectivity index (χ3v) is 2.61. The summed E-state index contributed by atoms with van der Waals surface area (Å²) in [7, 11) is 0. The van der Waals surface area contributed by atoms with Gasteiger partial charge in [0.2, 0.25) is 0 Å². The Morgan fingerprint density at radius 2 is 1.92 bits per heavy atom. The smallest absolute Gasteiger partial charge is 0.163 e. The topological polar surface area (TPSA) is 17.1 Å². The van der Waals surface area contributed by atoms with E-state index < -0.39 is 9.05 Å². The Kier molecular flexibility index (Phi) is 3.01. The zero-order chi connectivity index (χ0) is 9.19. The fraction of sp³-hybridized carbons (Fsp3) is 0.125. The lowest BCUT2D eigenvalue weighted by molar-refractivity contribution is -0.107. The number of alkyl halides is 2. The Balaban J connectivity index is 3.19. The molecule has 0 saturated heterocycles. The van der Waals surface area contributed by atoms with E-state index in [1.165, 1.54) is 12.1 Å². The van der Waals surface area contributed by atoms with Crippen molar-refractivity contribution in [2.75, 3.05) is 0 Å². The van der Waals surface area contributed by atoms with E-state index in [1.54, 1.807) is 12.1 Å². The number of rotatable bonds is 2. The van der Waals surface area contributed by atoms with Crippen molar-refractivity contribution < 1.29 is 9.18 Å². The lowest BCUT2D eigenvalue weighted by Gasteiger charge is -2.13. The fourth-order valence-corrected chi connectivity index (χ4v) is 1.44. The average Bonchev–Trinajstić information content (AvgIpc) is 2.05.